The first-order valence-electron chi connectivity index (χ1n) is 6.98. The van der Waals surface area contributed by atoms with Crippen molar-refractivity contribution in [2.75, 3.05) is 0 Å². The molecule has 1 aromatic rings. The molecular formula is C14H25N3. The van der Waals surface area contributed by atoms with Gasteiger partial charge in [-0.1, -0.05) is 39.5 Å². The molecule has 0 atom stereocenters. The fraction of sp³-hybridized carbons (Fsp3) is 0.786. The molecular weight excluding hydrogens is 210 g/mol. The van der Waals surface area contributed by atoms with Crippen LogP contribution in [0.3, 0.4) is 0 Å². The maximum atomic E-state index is 4.27. The first-order valence-corrected chi connectivity index (χ1v) is 6.98. The van der Waals surface area contributed by atoms with E-state index in [9.17, 15) is 0 Å². The van der Waals surface area contributed by atoms with Gasteiger partial charge in [-0.25, -0.2) is 4.98 Å². The molecule has 1 saturated carbocycles. The lowest BCUT2D eigenvalue weighted by atomic mass is 10.0. The van der Waals surface area contributed by atoms with E-state index in [4.69, 9.17) is 0 Å². The Balaban J connectivity index is 1.80. The molecule has 0 spiro atoms. The second kappa shape index (κ2) is 6.20. The minimum atomic E-state index is 0.535. The maximum Gasteiger partial charge on any atom is 0.0948 e. The molecule has 0 radical (unpaired) electrons. The van der Waals surface area contributed by atoms with E-state index in [1.54, 1.807) is 0 Å². The molecule has 1 aliphatic carbocycles. The van der Waals surface area contributed by atoms with Crippen LogP contribution in [0.15, 0.2) is 12.5 Å². The normalized spacial score (nSPS) is 17.1. The van der Waals surface area contributed by atoms with E-state index in [0.29, 0.717) is 6.04 Å². The van der Waals surface area contributed by atoms with Gasteiger partial charge in [-0.05, 0) is 12.3 Å². The summed E-state index contributed by atoms with van der Waals surface area (Å²) in [6, 6.07) is 0.535. The number of hydrogen-bond donors (Lipinski definition) is 1. The van der Waals surface area contributed by atoms with E-state index in [1.807, 2.05) is 12.5 Å². The van der Waals surface area contributed by atoms with E-state index < -0.39 is 0 Å². The molecule has 1 N–H and O–H groups in total. The van der Waals surface area contributed by atoms with Crippen molar-refractivity contribution >= 4 is 0 Å². The Morgan fingerprint density at radius 3 is 2.88 bits per heavy atom. The average molecular weight is 235 g/mol. The predicted octanol–water partition coefficient (Wildman–Crippen LogP) is 2.96. The summed E-state index contributed by atoms with van der Waals surface area (Å²) in [5.41, 5.74) is 1.32. The van der Waals surface area contributed by atoms with Gasteiger partial charge in [0.05, 0.1) is 12.0 Å². The van der Waals surface area contributed by atoms with Crippen molar-refractivity contribution in [1.29, 1.82) is 0 Å². The highest BCUT2D eigenvalue weighted by atomic mass is 15.1. The topological polar surface area (TPSA) is 29.9 Å². The molecule has 0 unspecified atom stereocenters. The monoisotopic (exact) mass is 235 g/mol. The van der Waals surface area contributed by atoms with Crippen molar-refractivity contribution in [3.63, 3.8) is 0 Å². The maximum absolute atomic E-state index is 4.27. The van der Waals surface area contributed by atoms with E-state index in [2.05, 4.69) is 28.7 Å². The highest BCUT2D eigenvalue weighted by Crippen LogP contribution is 2.27. The molecule has 1 fully saturated rings. The van der Waals surface area contributed by atoms with Gasteiger partial charge in [0.15, 0.2) is 0 Å². The Kier molecular flexibility index (Phi) is 4.60. The van der Waals surface area contributed by atoms with Gasteiger partial charge in [0.1, 0.15) is 0 Å². The Morgan fingerprint density at radius 2 is 2.18 bits per heavy atom. The van der Waals surface area contributed by atoms with Crippen LogP contribution in [0.4, 0.5) is 0 Å². The molecule has 1 heterocycles. The molecule has 2 rings (SSSR count). The van der Waals surface area contributed by atoms with Crippen LogP contribution in [-0.4, -0.2) is 15.6 Å². The Labute approximate surface area is 105 Å². The van der Waals surface area contributed by atoms with Gasteiger partial charge in [-0.3, -0.25) is 0 Å². The quantitative estimate of drug-likeness (QED) is 0.821. The number of aromatic nitrogens is 2. The van der Waals surface area contributed by atoms with Crippen molar-refractivity contribution in [3.05, 3.63) is 18.2 Å². The zero-order valence-electron chi connectivity index (χ0n) is 11.2. The second-order valence-corrected chi connectivity index (χ2v) is 5.55. The third-order valence-corrected chi connectivity index (χ3v) is 3.74. The van der Waals surface area contributed by atoms with E-state index in [0.717, 1.165) is 19.0 Å². The summed E-state index contributed by atoms with van der Waals surface area (Å²) in [5.74, 6) is 0.961. The summed E-state index contributed by atoms with van der Waals surface area (Å²) >= 11 is 0. The molecule has 0 saturated heterocycles. The Hall–Kier alpha value is -0.830. The summed E-state index contributed by atoms with van der Waals surface area (Å²) in [4.78, 5) is 4.27. The summed E-state index contributed by atoms with van der Waals surface area (Å²) in [5, 5.41) is 3.46. The number of nitrogens with one attached hydrogen (secondary N) is 1. The number of nitrogens with zero attached hydrogens (tertiary/aromatic N) is 2. The van der Waals surface area contributed by atoms with Gasteiger partial charge in [0.25, 0.3) is 0 Å². The predicted molar refractivity (Wildman–Crippen MR) is 70.8 cm³/mol. The smallest absolute Gasteiger partial charge is 0.0948 e. The highest BCUT2D eigenvalue weighted by Gasteiger charge is 2.15. The third-order valence-electron chi connectivity index (χ3n) is 3.74. The number of aryl methyl sites for hydroxylation is 1. The largest absolute Gasteiger partial charge is 0.333 e. The SMILES string of the molecule is CC(C)NCc1cncn1CCC1CCCC1. The van der Waals surface area contributed by atoms with Crippen LogP contribution in [0, 0.1) is 5.92 Å². The van der Waals surface area contributed by atoms with E-state index >= 15 is 0 Å². The fourth-order valence-corrected chi connectivity index (χ4v) is 2.63. The van der Waals surface area contributed by atoms with Gasteiger partial charge in [-0.2, -0.15) is 0 Å². The zero-order valence-corrected chi connectivity index (χ0v) is 11.2. The molecule has 96 valence electrons. The lowest BCUT2D eigenvalue weighted by Gasteiger charge is -2.13. The summed E-state index contributed by atoms with van der Waals surface area (Å²) < 4.78 is 2.31. The van der Waals surface area contributed by atoms with Gasteiger partial charge in [-0.15, -0.1) is 0 Å². The fourth-order valence-electron chi connectivity index (χ4n) is 2.63. The van der Waals surface area contributed by atoms with Crippen LogP contribution >= 0.6 is 0 Å². The molecule has 0 aliphatic heterocycles. The van der Waals surface area contributed by atoms with Gasteiger partial charge >= 0.3 is 0 Å². The zero-order chi connectivity index (χ0) is 12.1. The minimum absolute atomic E-state index is 0.535. The van der Waals surface area contributed by atoms with Crippen LogP contribution in [0.2, 0.25) is 0 Å². The Bertz CT molecular complexity index is 324. The van der Waals surface area contributed by atoms with Crippen molar-refractivity contribution < 1.29 is 0 Å². The number of rotatable bonds is 6. The van der Waals surface area contributed by atoms with Gasteiger partial charge < -0.3 is 9.88 Å². The number of imidazole rings is 1. The molecule has 1 aliphatic rings. The Morgan fingerprint density at radius 1 is 1.41 bits per heavy atom. The van der Waals surface area contributed by atoms with Crippen molar-refractivity contribution in [3.8, 4) is 0 Å². The van der Waals surface area contributed by atoms with Crippen LogP contribution in [-0.2, 0) is 13.1 Å². The highest BCUT2D eigenvalue weighted by molar-refractivity contribution is 4.98. The third kappa shape index (κ3) is 3.84. The van der Waals surface area contributed by atoms with E-state index in [-0.39, 0.29) is 0 Å². The minimum Gasteiger partial charge on any atom is -0.333 e. The van der Waals surface area contributed by atoms with Crippen molar-refractivity contribution in [1.82, 2.24) is 14.9 Å². The molecule has 0 amide bonds. The van der Waals surface area contributed by atoms with E-state index in [1.165, 1.54) is 37.8 Å². The molecule has 17 heavy (non-hydrogen) atoms. The first-order chi connectivity index (χ1) is 8.25. The van der Waals surface area contributed by atoms with Crippen molar-refractivity contribution in [2.24, 2.45) is 5.92 Å². The average Bonchev–Trinajstić information content (AvgIpc) is 2.95. The molecule has 3 nitrogen and oxygen atoms in total. The van der Waals surface area contributed by atoms with Crippen LogP contribution in [0.25, 0.3) is 0 Å². The molecule has 0 aromatic carbocycles. The lowest BCUT2D eigenvalue weighted by Crippen LogP contribution is -2.23. The number of hydrogen-bond acceptors (Lipinski definition) is 2. The van der Waals surface area contributed by atoms with Crippen LogP contribution in [0.1, 0.15) is 51.6 Å². The lowest BCUT2D eigenvalue weighted by molar-refractivity contribution is 0.447. The van der Waals surface area contributed by atoms with Crippen LogP contribution < -0.4 is 5.32 Å². The van der Waals surface area contributed by atoms with Gasteiger partial charge in [0.2, 0.25) is 0 Å². The molecule has 3 heteroatoms. The first kappa shape index (κ1) is 12.6. The summed E-state index contributed by atoms with van der Waals surface area (Å²) in [7, 11) is 0. The molecule has 1 aromatic heterocycles. The molecule has 0 bridgehead atoms. The van der Waals surface area contributed by atoms with Crippen molar-refractivity contribution in [2.45, 2.75) is 65.1 Å². The van der Waals surface area contributed by atoms with Crippen LogP contribution in [0.5, 0.6) is 0 Å². The summed E-state index contributed by atoms with van der Waals surface area (Å²) in [6.45, 7) is 6.43. The standard InChI is InChI=1S/C14H25N3/c1-12(2)16-10-14-9-15-11-17(14)8-7-13-5-3-4-6-13/h9,11-13,16H,3-8,10H2,1-2H3. The second-order valence-electron chi connectivity index (χ2n) is 5.55. The van der Waals surface area contributed by atoms with Gasteiger partial charge in [0, 0.05) is 25.3 Å². The summed E-state index contributed by atoms with van der Waals surface area (Å²) in [6.07, 6.45) is 11.1.